The van der Waals surface area contributed by atoms with Gasteiger partial charge in [0.1, 0.15) is 6.04 Å². The second-order valence-corrected chi connectivity index (χ2v) is 6.52. The van der Waals surface area contributed by atoms with Crippen LogP contribution < -0.4 is 0 Å². The Hall–Kier alpha value is -2.17. The molecule has 0 N–H and O–H groups in total. The van der Waals surface area contributed by atoms with Crippen LogP contribution >= 0.6 is 0 Å². The number of aryl methyl sites for hydroxylation is 1. The van der Waals surface area contributed by atoms with Crippen LogP contribution in [0.15, 0.2) is 24.3 Å². The fraction of sp³-hybridized carbons (Fsp3) is 0.500. The molecule has 1 saturated carbocycles. The largest absolute Gasteiger partial charge is 0.334 e. The fourth-order valence-electron chi connectivity index (χ4n) is 3.16. The lowest BCUT2D eigenvalue weighted by Gasteiger charge is -2.29. The molecule has 1 heterocycles. The highest BCUT2D eigenvalue weighted by molar-refractivity contribution is 6.05. The molecule has 1 aromatic carbocycles. The van der Waals surface area contributed by atoms with Crippen LogP contribution in [-0.4, -0.2) is 39.6 Å². The van der Waals surface area contributed by atoms with Crippen LogP contribution in [0, 0.1) is 6.92 Å². The molecule has 1 aliphatic carbocycles. The van der Waals surface area contributed by atoms with Crippen LogP contribution in [0.1, 0.15) is 43.7 Å². The van der Waals surface area contributed by atoms with E-state index < -0.39 is 6.04 Å². The monoisotopic (exact) mass is 314 g/mol. The van der Waals surface area contributed by atoms with Gasteiger partial charge < -0.3 is 4.90 Å². The van der Waals surface area contributed by atoms with E-state index in [1.54, 1.807) is 6.92 Å². The SMILES string of the molecule is Cc1cccc(CN(C(=O)[C@H](C)N2C(=O)CCC2=O)C2CC2)c1. The minimum Gasteiger partial charge on any atom is -0.334 e. The van der Waals surface area contributed by atoms with Gasteiger partial charge in [-0.25, -0.2) is 0 Å². The van der Waals surface area contributed by atoms with E-state index in [2.05, 4.69) is 6.07 Å². The molecule has 3 amide bonds. The second-order valence-electron chi connectivity index (χ2n) is 6.52. The summed E-state index contributed by atoms with van der Waals surface area (Å²) in [7, 11) is 0. The van der Waals surface area contributed by atoms with Gasteiger partial charge in [-0.15, -0.1) is 0 Å². The molecule has 0 spiro atoms. The smallest absolute Gasteiger partial charge is 0.246 e. The van der Waals surface area contributed by atoms with Gasteiger partial charge in [-0.2, -0.15) is 0 Å². The summed E-state index contributed by atoms with van der Waals surface area (Å²) >= 11 is 0. The molecule has 3 rings (SSSR count). The summed E-state index contributed by atoms with van der Waals surface area (Å²) in [5.41, 5.74) is 2.24. The maximum atomic E-state index is 12.9. The highest BCUT2D eigenvalue weighted by Gasteiger charge is 2.41. The van der Waals surface area contributed by atoms with Crippen LogP contribution in [0.25, 0.3) is 0 Å². The summed E-state index contributed by atoms with van der Waals surface area (Å²) in [6, 6.07) is 7.61. The Balaban J connectivity index is 1.76. The molecule has 2 fully saturated rings. The fourth-order valence-corrected chi connectivity index (χ4v) is 3.16. The molecule has 0 bridgehead atoms. The number of carbonyl (C=O) groups is 3. The first kappa shape index (κ1) is 15.7. The Morgan fingerprint density at radius 2 is 1.91 bits per heavy atom. The lowest BCUT2D eigenvalue weighted by atomic mass is 10.1. The van der Waals surface area contributed by atoms with E-state index in [9.17, 15) is 14.4 Å². The van der Waals surface area contributed by atoms with Gasteiger partial charge in [0.2, 0.25) is 17.7 Å². The molecule has 0 radical (unpaired) electrons. The van der Waals surface area contributed by atoms with Gasteiger partial charge in [-0.05, 0) is 32.3 Å². The van der Waals surface area contributed by atoms with Crippen molar-refractivity contribution >= 4 is 17.7 Å². The van der Waals surface area contributed by atoms with Gasteiger partial charge in [-0.1, -0.05) is 29.8 Å². The van der Waals surface area contributed by atoms with Crippen LogP contribution in [-0.2, 0) is 20.9 Å². The van der Waals surface area contributed by atoms with Crippen molar-refractivity contribution in [3.05, 3.63) is 35.4 Å². The standard InChI is InChI=1S/C18H22N2O3/c1-12-4-3-5-14(10-12)11-19(15-6-7-15)18(23)13(2)20-16(21)8-9-17(20)22/h3-5,10,13,15H,6-9,11H2,1-2H3/t13-/m0/s1. The Morgan fingerprint density at radius 3 is 2.48 bits per heavy atom. The van der Waals surface area contributed by atoms with Crippen molar-refractivity contribution < 1.29 is 14.4 Å². The second kappa shape index (κ2) is 6.14. The molecular formula is C18H22N2O3. The van der Waals surface area contributed by atoms with Gasteiger partial charge in [0.15, 0.2) is 0 Å². The van der Waals surface area contributed by atoms with Crippen molar-refractivity contribution in [2.24, 2.45) is 0 Å². The first-order valence-corrected chi connectivity index (χ1v) is 8.18. The third-order valence-electron chi connectivity index (χ3n) is 4.54. The number of rotatable bonds is 5. The first-order valence-electron chi connectivity index (χ1n) is 8.18. The number of amides is 3. The van der Waals surface area contributed by atoms with Crippen molar-refractivity contribution in [3.8, 4) is 0 Å². The number of hydrogen-bond donors (Lipinski definition) is 0. The van der Waals surface area contributed by atoms with E-state index in [1.165, 1.54) is 0 Å². The molecule has 0 unspecified atom stereocenters. The average molecular weight is 314 g/mol. The summed E-state index contributed by atoms with van der Waals surface area (Å²) in [6.07, 6.45) is 2.42. The zero-order valence-corrected chi connectivity index (χ0v) is 13.6. The Bertz CT molecular complexity index is 635. The van der Waals surface area contributed by atoms with Crippen LogP contribution in [0.5, 0.6) is 0 Å². The van der Waals surface area contributed by atoms with E-state index in [0.29, 0.717) is 6.54 Å². The van der Waals surface area contributed by atoms with E-state index in [-0.39, 0.29) is 36.6 Å². The maximum absolute atomic E-state index is 12.9. The summed E-state index contributed by atoms with van der Waals surface area (Å²) in [5, 5.41) is 0. The van der Waals surface area contributed by atoms with Crippen molar-refractivity contribution in [2.45, 2.75) is 58.2 Å². The van der Waals surface area contributed by atoms with Gasteiger partial charge in [0, 0.05) is 25.4 Å². The molecular weight excluding hydrogens is 292 g/mol. The Morgan fingerprint density at radius 1 is 1.26 bits per heavy atom. The first-order chi connectivity index (χ1) is 11.0. The Kier molecular flexibility index (Phi) is 4.20. The topological polar surface area (TPSA) is 57.7 Å². The van der Waals surface area contributed by atoms with Crippen molar-refractivity contribution in [3.63, 3.8) is 0 Å². The van der Waals surface area contributed by atoms with Crippen molar-refractivity contribution in [2.75, 3.05) is 0 Å². The van der Waals surface area contributed by atoms with Gasteiger partial charge in [0.05, 0.1) is 0 Å². The molecule has 0 aromatic heterocycles. The van der Waals surface area contributed by atoms with Gasteiger partial charge in [-0.3, -0.25) is 19.3 Å². The molecule has 2 aliphatic rings. The molecule has 122 valence electrons. The minimum atomic E-state index is -0.706. The summed E-state index contributed by atoms with van der Waals surface area (Å²) in [4.78, 5) is 39.6. The zero-order valence-electron chi connectivity index (χ0n) is 13.6. The number of imide groups is 1. The molecule has 23 heavy (non-hydrogen) atoms. The maximum Gasteiger partial charge on any atom is 0.246 e. The van der Waals surface area contributed by atoms with Crippen molar-refractivity contribution in [1.29, 1.82) is 0 Å². The number of likely N-dealkylation sites (tertiary alicyclic amines) is 1. The van der Waals surface area contributed by atoms with Crippen LogP contribution in [0.2, 0.25) is 0 Å². The van der Waals surface area contributed by atoms with E-state index in [0.717, 1.165) is 28.9 Å². The minimum absolute atomic E-state index is 0.127. The van der Waals surface area contributed by atoms with Gasteiger partial charge in [0.25, 0.3) is 0 Å². The summed E-state index contributed by atoms with van der Waals surface area (Å²) in [5.74, 6) is -0.595. The molecule has 5 heteroatoms. The van der Waals surface area contributed by atoms with Crippen LogP contribution in [0.4, 0.5) is 0 Å². The Labute approximate surface area is 136 Å². The molecule has 5 nitrogen and oxygen atoms in total. The molecule has 1 aliphatic heterocycles. The third kappa shape index (κ3) is 3.28. The number of nitrogens with zero attached hydrogens (tertiary/aromatic N) is 2. The van der Waals surface area contributed by atoms with Crippen molar-refractivity contribution in [1.82, 2.24) is 9.80 Å². The summed E-state index contributed by atoms with van der Waals surface area (Å²) < 4.78 is 0. The van der Waals surface area contributed by atoms with E-state index in [4.69, 9.17) is 0 Å². The molecule has 1 atom stereocenters. The lowest BCUT2D eigenvalue weighted by molar-refractivity contribution is -0.150. The summed E-state index contributed by atoms with van der Waals surface area (Å²) in [6.45, 7) is 4.22. The quantitative estimate of drug-likeness (QED) is 0.781. The van der Waals surface area contributed by atoms with Gasteiger partial charge >= 0.3 is 0 Å². The van der Waals surface area contributed by atoms with E-state index in [1.807, 2.05) is 30.0 Å². The van der Waals surface area contributed by atoms with Crippen LogP contribution in [0.3, 0.4) is 0 Å². The lowest BCUT2D eigenvalue weighted by Crippen LogP contribution is -2.49. The predicted molar refractivity (Wildman–Crippen MR) is 85.3 cm³/mol. The van der Waals surface area contributed by atoms with E-state index >= 15 is 0 Å². The average Bonchev–Trinajstić information content (AvgIpc) is 3.29. The number of benzene rings is 1. The normalized spacial score (nSPS) is 19.1. The predicted octanol–water partition coefficient (Wildman–Crippen LogP) is 2.02. The number of carbonyl (C=O) groups excluding carboxylic acids is 3. The third-order valence-corrected chi connectivity index (χ3v) is 4.54. The highest BCUT2D eigenvalue weighted by Crippen LogP contribution is 2.30. The zero-order chi connectivity index (χ0) is 16.6. The molecule has 1 saturated heterocycles. The number of hydrogen-bond acceptors (Lipinski definition) is 3. The highest BCUT2D eigenvalue weighted by atomic mass is 16.2. The molecule has 1 aromatic rings.